The first-order chi connectivity index (χ1) is 10.1. The van der Waals surface area contributed by atoms with Crippen molar-refractivity contribution in [1.82, 2.24) is 0 Å². The number of rotatable bonds is 5. The van der Waals surface area contributed by atoms with Crippen LogP contribution in [0.25, 0.3) is 6.08 Å². The van der Waals surface area contributed by atoms with Crippen molar-refractivity contribution in [2.45, 2.75) is 13.0 Å². The highest BCUT2D eigenvalue weighted by molar-refractivity contribution is 6.00. The van der Waals surface area contributed by atoms with Gasteiger partial charge in [0.2, 0.25) is 0 Å². The minimum absolute atomic E-state index is 0.252. The highest BCUT2D eigenvalue weighted by atomic mass is 16.5. The van der Waals surface area contributed by atoms with Gasteiger partial charge in [0.15, 0.2) is 17.5 Å². The van der Waals surface area contributed by atoms with Gasteiger partial charge in [0, 0.05) is 22.9 Å². The van der Waals surface area contributed by atoms with E-state index in [0.29, 0.717) is 29.0 Å². The first-order valence-electron chi connectivity index (χ1n) is 6.50. The predicted molar refractivity (Wildman–Crippen MR) is 77.6 cm³/mol. The predicted octanol–water partition coefficient (Wildman–Crippen LogP) is 1.64. The summed E-state index contributed by atoms with van der Waals surface area (Å²) in [5.41, 5.74) is 1.74. The van der Waals surface area contributed by atoms with Crippen molar-refractivity contribution >= 4 is 24.0 Å². The number of ether oxygens (including phenoxy) is 3. The van der Waals surface area contributed by atoms with Gasteiger partial charge in [-0.15, -0.1) is 0 Å². The molecule has 1 heterocycles. The van der Waals surface area contributed by atoms with Crippen molar-refractivity contribution in [2.75, 3.05) is 26.1 Å². The first-order valence-corrected chi connectivity index (χ1v) is 6.50. The van der Waals surface area contributed by atoms with Crippen LogP contribution in [-0.4, -0.2) is 39.1 Å². The number of hydrogen-bond acceptors (Lipinski definition) is 6. The van der Waals surface area contributed by atoms with Crippen LogP contribution in [-0.2, 0) is 14.3 Å². The SMILES string of the molecule is CCOC(=O)C1Nc2cc(OC)c(OC)cc2C=C1C=O. The lowest BCUT2D eigenvalue weighted by molar-refractivity contribution is -0.143. The van der Waals surface area contributed by atoms with Gasteiger partial charge in [0.05, 0.1) is 20.8 Å². The van der Waals surface area contributed by atoms with Crippen LogP contribution in [0.2, 0.25) is 0 Å². The lowest BCUT2D eigenvalue weighted by Crippen LogP contribution is -2.35. The van der Waals surface area contributed by atoms with Gasteiger partial charge in [-0.2, -0.15) is 0 Å². The molecule has 1 unspecified atom stereocenters. The summed E-state index contributed by atoms with van der Waals surface area (Å²) in [7, 11) is 3.06. The van der Waals surface area contributed by atoms with Crippen LogP contribution in [0.4, 0.5) is 5.69 Å². The topological polar surface area (TPSA) is 73.9 Å². The second-order valence-electron chi connectivity index (χ2n) is 4.39. The lowest BCUT2D eigenvalue weighted by Gasteiger charge is -2.25. The Morgan fingerprint density at radius 2 is 1.95 bits per heavy atom. The smallest absolute Gasteiger partial charge is 0.333 e. The molecule has 0 aromatic heterocycles. The maximum atomic E-state index is 11.9. The summed E-state index contributed by atoms with van der Waals surface area (Å²) in [6.45, 7) is 1.97. The van der Waals surface area contributed by atoms with Gasteiger partial charge in [-0.05, 0) is 19.1 Å². The molecule has 0 radical (unpaired) electrons. The third kappa shape index (κ3) is 2.84. The Morgan fingerprint density at radius 3 is 2.52 bits per heavy atom. The van der Waals surface area contributed by atoms with E-state index in [4.69, 9.17) is 14.2 Å². The van der Waals surface area contributed by atoms with Gasteiger partial charge in [0.25, 0.3) is 0 Å². The number of methoxy groups -OCH3 is 2. The fourth-order valence-corrected chi connectivity index (χ4v) is 2.16. The van der Waals surface area contributed by atoms with Gasteiger partial charge in [-0.3, -0.25) is 4.79 Å². The maximum absolute atomic E-state index is 11.9. The second kappa shape index (κ2) is 6.30. The molecule has 0 bridgehead atoms. The largest absolute Gasteiger partial charge is 0.493 e. The van der Waals surface area contributed by atoms with Crippen LogP contribution in [0.15, 0.2) is 17.7 Å². The van der Waals surface area contributed by atoms with Crippen LogP contribution in [0, 0.1) is 0 Å². The van der Waals surface area contributed by atoms with E-state index in [9.17, 15) is 9.59 Å². The number of carbonyl (C=O) groups excluding carboxylic acids is 2. The monoisotopic (exact) mass is 291 g/mol. The van der Waals surface area contributed by atoms with Crippen molar-refractivity contribution in [3.05, 3.63) is 23.3 Å². The average molecular weight is 291 g/mol. The summed E-state index contributed by atoms with van der Waals surface area (Å²) < 4.78 is 15.4. The van der Waals surface area contributed by atoms with E-state index in [-0.39, 0.29) is 6.61 Å². The summed E-state index contributed by atoms with van der Waals surface area (Å²) in [5, 5.41) is 3.00. The quantitative estimate of drug-likeness (QED) is 0.657. The fourth-order valence-electron chi connectivity index (χ4n) is 2.16. The van der Waals surface area contributed by atoms with E-state index >= 15 is 0 Å². The number of esters is 1. The molecule has 1 aromatic carbocycles. The molecular formula is C15H17NO5. The standard InChI is InChI=1S/C15H17NO5/c1-4-21-15(18)14-10(8-17)5-9-6-12(19-2)13(20-3)7-11(9)16-14/h5-8,14,16H,4H2,1-3H3. The number of benzene rings is 1. The highest BCUT2D eigenvalue weighted by Gasteiger charge is 2.29. The summed E-state index contributed by atoms with van der Waals surface area (Å²) in [6.07, 6.45) is 2.29. The zero-order chi connectivity index (χ0) is 15.4. The molecule has 21 heavy (non-hydrogen) atoms. The molecule has 2 rings (SSSR count). The molecule has 6 nitrogen and oxygen atoms in total. The summed E-state index contributed by atoms with van der Waals surface area (Å²) in [6, 6.07) is 2.65. The number of aldehydes is 1. The molecule has 6 heteroatoms. The number of carbonyl (C=O) groups is 2. The second-order valence-corrected chi connectivity index (χ2v) is 4.39. The number of fused-ring (bicyclic) bond motifs is 1. The maximum Gasteiger partial charge on any atom is 0.333 e. The van der Waals surface area contributed by atoms with Crippen molar-refractivity contribution in [3.8, 4) is 11.5 Å². The van der Waals surface area contributed by atoms with Crippen LogP contribution >= 0.6 is 0 Å². The molecule has 0 saturated heterocycles. The zero-order valence-electron chi connectivity index (χ0n) is 12.1. The Bertz CT molecular complexity index is 594. The lowest BCUT2D eigenvalue weighted by atomic mass is 9.98. The molecule has 0 aliphatic carbocycles. The van der Waals surface area contributed by atoms with Crippen LogP contribution in [0.1, 0.15) is 12.5 Å². The van der Waals surface area contributed by atoms with Crippen LogP contribution in [0.5, 0.6) is 11.5 Å². The molecule has 1 aliphatic heterocycles. The van der Waals surface area contributed by atoms with E-state index in [1.54, 1.807) is 25.1 Å². The van der Waals surface area contributed by atoms with Crippen molar-refractivity contribution in [2.24, 2.45) is 0 Å². The van der Waals surface area contributed by atoms with Gasteiger partial charge in [-0.1, -0.05) is 0 Å². The molecule has 1 N–H and O–H groups in total. The molecule has 0 spiro atoms. The number of nitrogens with one attached hydrogen (secondary N) is 1. The van der Waals surface area contributed by atoms with Crippen molar-refractivity contribution in [1.29, 1.82) is 0 Å². The normalized spacial score (nSPS) is 16.1. The molecule has 1 aliphatic rings. The third-order valence-corrected chi connectivity index (χ3v) is 3.17. The number of anilines is 1. The van der Waals surface area contributed by atoms with E-state index in [1.807, 2.05) is 0 Å². The van der Waals surface area contributed by atoms with Gasteiger partial charge in [-0.25, -0.2) is 4.79 Å². The van der Waals surface area contributed by atoms with E-state index < -0.39 is 12.0 Å². The van der Waals surface area contributed by atoms with E-state index in [0.717, 1.165) is 5.56 Å². The summed E-state index contributed by atoms with van der Waals surface area (Å²) in [4.78, 5) is 23.1. The Labute approximate surface area is 122 Å². The molecule has 1 atom stereocenters. The van der Waals surface area contributed by atoms with Crippen molar-refractivity contribution < 1.29 is 23.8 Å². The molecular weight excluding hydrogens is 274 g/mol. The Balaban J connectivity index is 2.44. The molecule has 1 aromatic rings. The van der Waals surface area contributed by atoms with Crippen molar-refractivity contribution in [3.63, 3.8) is 0 Å². The average Bonchev–Trinajstić information content (AvgIpc) is 2.52. The highest BCUT2D eigenvalue weighted by Crippen LogP contribution is 2.37. The molecule has 0 amide bonds. The van der Waals surface area contributed by atoms with Gasteiger partial charge >= 0.3 is 5.97 Å². The Morgan fingerprint density at radius 1 is 1.29 bits per heavy atom. The summed E-state index contributed by atoms with van der Waals surface area (Å²) >= 11 is 0. The molecule has 0 fully saturated rings. The molecule has 0 saturated carbocycles. The first kappa shape index (κ1) is 14.9. The van der Waals surface area contributed by atoms with E-state index in [1.165, 1.54) is 14.2 Å². The Hall–Kier alpha value is -2.50. The Kier molecular flexibility index (Phi) is 4.47. The van der Waals surface area contributed by atoms with E-state index in [2.05, 4.69) is 5.32 Å². The minimum atomic E-state index is -0.812. The number of hydrogen-bond donors (Lipinski definition) is 1. The third-order valence-electron chi connectivity index (χ3n) is 3.17. The summed E-state index contributed by atoms with van der Waals surface area (Å²) in [5.74, 6) is 0.597. The fraction of sp³-hybridized carbons (Fsp3) is 0.333. The van der Waals surface area contributed by atoms with Crippen LogP contribution in [0.3, 0.4) is 0 Å². The van der Waals surface area contributed by atoms with Crippen LogP contribution < -0.4 is 14.8 Å². The minimum Gasteiger partial charge on any atom is -0.493 e. The van der Waals surface area contributed by atoms with Gasteiger partial charge < -0.3 is 19.5 Å². The molecule has 112 valence electrons. The zero-order valence-corrected chi connectivity index (χ0v) is 12.1. The van der Waals surface area contributed by atoms with Gasteiger partial charge in [0.1, 0.15) is 6.29 Å².